The molecule has 0 atom stereocenters. The minimum absolute atomic E-state index is 0.217. The van der Waals surface area contributed by atoms with Gasteiger partial charge in [0, 0.05) is 32.8 Å². The summed E-state index contributed by atoms with van der Waals surface area (Å²) in [4.78, 5) is 11.5. The van der Waals surface area contributed by atoms with Crippen LogP contribution in [0.5, 0.6) is 0 Å². The average Bonchev–Trinajstić information content (AvgIpc) is 2.14. The van der Waals surface area contributed by atoms with Gasteiger partial charge >= 0.3 is 0 Å². The monoisotopic (exact) mass is 198 g/mol. The van der Waals surface area contributed by atoms with Gasteiger partial charge in [-0.1, -0.05) is 0 Å². The van der Waals surface area contributed by atoms with Gasteiger partial charge in [0.05, 0.1) is 5.92 Å². The topological polar surface area (TPSA) is 50.4 Å². The van der Waals surface area contributed by atoms with Crippen molar-refractivity contribution in [3.05, 3.63) is 0 Å². The number of hydrogen-bond donors (Lipinski definition) is 2. The number of carbonyl (C=O) groups is 1. The predicted molar refractivity (Wildman–Crippen MR) is 52.9 cm³/mol. The fraction of sp³-hybridized carbons (Fsp3) is 0.900. The van der Waals surface area contributed by atoms with E-state index in [0.29, 0.717) is 5.92 Å². The van der Waals surface area contributed by atoms with Gasteiger partial charge in [0.25, 0.3) is 0 Å². The summed E-state index contributed by atoms with van der Waals surface area (Å²) >= 11 is 0. The third-order valence-electron chi connectivity index (χ3n) is 3.06. The second-order valence-corrected chi connectivity index (χ2v) is 4.16. The number of amides is 1. The van der Waals surface area contributed by atoms with Crippen LogP contribution in [0.3, 0.4) is 0 Å². The number of rotatable bonds is 3. The van der Waals surface area contributed by atoms with Crippen LogP contribution in [0.1, 0.15) is 12.8 Å². The second kappa shape index (κ2) is 4.75. The van der Waals surface area contributed by atoms with Crippen molar-refractivity contribution < 1.29 is 9.53 Å². The molecule has 0 aromatic rings. The van der Waals surface area contributed by atoms with Crippen molar-refractivity contribution in [1.82, 2.24) is 10.6 Å². The van der Waals surface area contributed by atoms with Crippen LogP contribution in [0.4, 0.5) is 0 Å². The minimum Gasteiger partial charge on any atom is -0.381 e. The summed E-state index contributed by atoms with van der Waals surface area (Å²) in [5.41, 5.74) is 0. The lowest BCUT2D eigenvalue weighted by molar-refractivity contribution is -0.126. The summed E-state index contributed by atoms with van der Waals surface area (Å²) in [6.45, 7) is 4.23. The highest BCUT2D eigenvalue weighted by atomic mass is 16.5. The van der Waals surface area contributed by atoms with E-state index < -0.39 is 0 Å². The van der Waals surface area contributed by atoms with Gasteiger partial charge in [-0.3, -0.25) is 4.79 Å². The highest BCUT2D eigenvalue weighted by Crippen LogP contribution is 2.13. The number of carbonyl (C=O) groups excluding carboxylic acids is 1. The Morgan fingerprint density at radius 1 is 1.36 bits per heavy atom. The summed E-state index contributed by atoms with van der Waals surface area (Å²) in [7, 11) is 0. The molecule has 4 heteroatoms. The maximum absolute atomic E-state index is 11.5. The second-order valence-electron chi connectivity index (χ2n) is 4.16. The van der Waals surface area contributed by atoms with E-state index in [9.17, 15) is 4.79 Å². The average molecular weight is 198 g/mol. The minimum atomic E-state index is 0.217. The molecule has 0 bridgehead atoms. The molecule has 2 saturated heterocycles. The Morgan fingerprint density at radius 2 is 2.07 bits per heavy atom. The van der Waals surface area contributed by atoms with Crippen LogP contribution in [0.25, 0.3) is 0 Å². The molecule has 2 aliphatic rings. The SMILES string of the molecule is O=C(NCC1CCOCC1)C1CNC1. The van der Waals surface area contributed by atoms with Crippen LogP contribution < -0.4 is 10.6 Å². The third-order valence-corrected chi connectivity index (χ3v) is 3.06. The van der Waals surface area contributed by atoms with Crippen molar-refractivity contribution in [3.63, 3.8) is 0 Å². The molecule has 2 fully saturated rings. The van der Waals surface area contributed by atoms with Crippen LogP contribution in [0, 0.1) is 11.8 Å². The smallest absolute Gasteiger partial charge is 0.225 e. The molecular formula is C10H18N2O2. The molecule has 2 N–H and O–H groups in total. The van der Waals surface area contributed by atoms with Gasteiger partial charge in [0.15, 0.2) is 0 Å². The van der Waals surface area contributed by atoms with Crippen molar-refractivity contribution in [1.29, 1.82) is 0 Å². The molecule has 0 aromatic carbocycles. The van der Waals surface area contributed by atoms with Gasteiger partial charge in [-0.15, -0.1) is 0 Å². The van der Waals surface area contributed by atoms with Gasteiger partial charge in [-0.2, -0.15) is 0 Å². The van der Waals surface area contributed by atoms with Gasteiger partial charge in [0.2, 0.25) is 5.91 Å². The van der Waals surface area contributed by atoms with Crippen LogP contribution in [0.15, 0.2) is 0 Å². The van der Waals surface area contributed by atoms with Crippen LogP contribution in [-0.2, 0) is 9.53 Å². The van der Waals surface area contributed by atoms with Gasteiger partial charge in [-0.25, -0.2) is 0 Å². The molecule has 4 nitrogen and oxygen atoms in total. The summed E-state index contributed by atoms with van der Waals surface area (Å²) in [6.07, 6.45) is 2.17. The molecule has 14 heavy (non-hydrogen) atoms. The molecule has 0 radical (unpaired) electrons. The van der Waals surface area contributed by atoms with E-state index in [1.165, 1.54) is 0 Å². The first-order valence-corrected chi connectivity index (χ1v) is 5.42. The fourth-order valence-corrected chi connectivity index (χ4v) is 1.81. The van der Waals surface area contributed by atoms with E-state index in [-0.39, 0.29) is 11.8 Å². The highest BCUT2D eigenvalue weighted by molar-refractivity contribution is 5.79. The van der Waals surface area contributed by atoms with E-state index in [1.807, 2.05) is 0 Å². The van der Waals surface area contributed by atoms with E-state index in [1.54, 1.807) is 0 Å². The molecule has 1 amide bonds. The summed E-state index contributed by atoms with van der Waals surface area (Å²) < 4.78 is 5.26. The van der Waals surface area contributed by atoms with Crippen molar-refractivity contribution >= 4 is 5.91 Å². The Labute approximate surface area is 84.4 Å². The molecule has 2 rings (SSSR count). The Kier molecular flexibility index (Phi) is 3.37. The summed E-state index contributed by atoms with van der Waals surface area (Å²) in [6, 6.07) is 0. The van der Waals surface area contributed by atoms with Crippen molar-refractivity contribution in [2.24, 2.45) is 11.8 Å². The Bertz CT molecular complexity index is 198. The zero-order valence-electron chi connectivity index (χ0n) is 8.42. The molecule has 80 valence electrons. The molecule has 0 unspecified atom stereocenters. The zero-order chi connectivity index (χ0) is 9.80. The number of hydrogen-bond acceptors (Lipinski definition) is 3. The quantitative estimate of drug-likeness (QED) is 0.657. The Hall–Kier alpha value is -0.610. The standard InChI is InChI=1S/C10H18N2O2/c13-10(9-6-11-7-9)12-5-8-1-3-14-4-2-8/h8-9,11H,1-7H2,(H,12,13). The van der Waals surface area contributed by atoms with Gasteiger partial charge < -0.3 is 15.4 Å². The van der Waals surface area contributed by atoms with Crippen LogP contribution in [-0.4, -0.2) is 38.8 Å². The lowest BCUT2D eigenvalue weighted by Gasteiger charge is -2.28. The van der Waals surface area contributed by atoms with E-state index >= 15 is 0 Å². The van der Waals surface area contributed by atoms with E-state index in [4.69, 9.17) is 4.74 Å². The normalized spacial score (nSPS) is 24.3. The summed E-state index contributed by atoms with van der Waals surface area (Å²) in [5.74, 6) is 1.06. The van der Waals surface area contributed by atoms with E-state index in [0.717, 1.165) is 45.7 Å². The lowest BCUT2D eigenvalue weighted by atomic mass is 9.99. The van der Waals surface area contributed by atoms with Crippen molar-refractivity contribution in [3.8, 4) is 0 Å². The summed E-state index contributed by atoms with van der Waals surface area (Å²) in [5, 5.41) is 6.12. The molecule has 0 saturated carbocycles. The third kappa shape index (κ3) is 2.45. The highest BCUT2D eigenvalue weighted by Gasteiger charge is 2.25. The molecule has 0 spiro atoms. The Morgan fingerprint density at radius 3 is 2.64 bits per heavy atom. The molecular weight excluding hydrogens is 180 g/mol. The lowest BCUT2D eigenvalue weighted by Crippen LogP contribution is -2.51. The van der Waals surface area contributed by atoms with Crippen LogP contribution in [0.2, 0.25) is 0 Å². The van der Waals surface area contributed by atoms with Crippen molar-refractivity contribution in [2.75, 3.05) is 32.8 Å². The predicted octanol–water partition coefficient (Wildman–Crippen LogP) is -0.251. The first-order chi connectivity index (χ1) is 6.86. The molecule has 0 aliphatic carbocycles. The first-order valence-electron chi connectivity index (χ1n) is 5.42. The van der Waals surface area contributed by atoms with E-state index in [2.05, 4.69) is 10.6 Å². The molecule has 2 aliphatic heterocycles. The molecule has 2 heterocycles. The van der Waals surface area contributed by atoms with Crippen molar-refractivity contribution in [2.45, 2.75) is 12.8 Å². The molecule has 0 aromatic heterocycles. The number of ether oxygens (including phenoxy) is 1. The zero-order valence-corrected chi connectivity index (χ0v) is 8.42. The van der Waals surface area contributed by atoms with Gasteiger partial charge in [0.1, 0.15) is 0 Å². The number of nitrogens with one attached hydrogen (secondary N) is 2. The first kappa shape index (κ1) is 9.93. The fourth-order valence-electron chi connectivity index (χ4n) is 1.81. The van der Waals surface area contributed by atoms with Crippen LogP contribution >= 0.6 is 0 Å². The van der Waals surface area contributed by atoms with Gasteiger partial charge in [-0.05, 0) is 18.8 Å². The Balaban J connectivity index is 1.62. The maximum Gasteiger partial charge on any atom is 0.225 e. The maximum atomic E-state index is 11.5. The largest absolute Gasteiger partial charge is 0.381 e.